The molecule has 0 aliphatic heterocycles. The van der Waals surface area contributed by atoms with Gasteiger partial charge in [0.1, 0.15) is 0 Å². The van der Waals surface area contributed by atoms with Crippen LogP contribution in [0.2, 0.25) is 0 Å². The lowest BCUT2D eigenvalue weighted by atomic mass is 10.3. The van der Waals surface area contributed by atoms with Crippen LogP contribution < -0.4 is 5.32 Å². The summed E-state index contributed by atoms with van der Waals surface area (Å²) in [6.07, 6.45) is 3.48. The standard InChI is InChI=1S/C9H13N3O2S/c1-10-3-7-4-11-9(12-5-7)15-6-8(13)14-2/h4-5,10H,3,6H2,1-2H3. The first kappa shape index (κ1) is 11.9. The number of carbonyl (C=O) groups is 1. The Morgan fingerprint density at radius 1 is 1.53 bits per heavy atom. The van der Waals surface area contributed by atoms with Crippen LogP contribution in [0.15, 0.2) is 17.6 Å². The second kappa shape index (κ2) is 6.36. The minimum Gasteiger partial charge on any atom is -0.468 e. The van der Waals surface area contributed by atoms with Crippen molar-refractivity contribution in [2.45, 2.75) is 11.7 Å². The van der Waals surface area contributed by atoms with E-state index in [4.69, 9.17) is 0 Å². The van der Waals surface area contributed by atoms with E-state index in [0.717, 1.165) is 12.1 Å². The van der Waals surface area contributed by atoms with E-state index in [1.807, 2.05) is 7.05 Å². The second-order valence-electron chi connectivity index (χ2n) is 2.77. The Morgan fingerprint density at radius 2 is 2.20 bits per heavy atom. The highest BCUT2D eigenvalue weighted by Gasteiger charge is 2.03. The summed E-state index contributed by atoms with van der Waals surface area (Å²) in [5.74, 6) is -0.0371. The predicted molar refractivity (Wildman–Crippen MR) is 57.5 cm³/mol. The molecule has 5 nitrogen and oxygen atoms in total. The molecule has 6 heteroatoms. The minimum atomic E-state index is -0.275. The fraction of sp³-hybridized carbons (Fsp3) is 0.444. The second-order valence-corrected chi connectivity index (χ2v) is 3.71. The van der Waals surface area contributed by atoms with Crippen LogP contribution in [0.4, 0.5) is 0 Å². The Balaban J connectivity index is 2.45. The Bertz CT molecular complexity index is 316. The van der Waals surface area contributed by atoms with E-state index >= 15 is 0 Å². The van der Waals surface area contributed by atoms with Crippen LogP contribution in [0.3, 0.4) is 0 Å². The lowest BCUT2D eigenvalue weighted by Gasteiger charge is -2.01. The summed E-state index contributed by atoms with van der Waals surface area (Å²) >= 11 is 1.26. The quantitative estimate of drug-likeness (QED) is 0.448. The third-order valence-corrected chi connectivity index (χ3v) is 2.46. The summed E-state index contributed by atoms with van der Waals surface area (Å²) < 4.78 is 4.51. The van der Waals surface area contributed by atoms with E-state index < -0.39 is 0 Å². The SMILES string of the molecule is CNCc1cnc(SCC(=O)OC)nc1. The number of thioether (sulfide) groups is 1. The molecule has 82 valence electrons. The molecule has 1 heterocycles. The van der Waals surface area contributed by atoms with Gasteiger partial charge in [0.2, 0.25) is 0 Å². The number of methoxy groups -OCH3 is 1. The van der Waals surface area contributed by atoms with Crippen LogP contribution >= 0.6 is 11.8 Å². The molecule has 0 fully saturated rings. The molecule has 0 spiro atoms. The number of hydrogen-bond acceptors (Lipinski definition) is 6. The highest BCUT2D eigenvalue weighted by atomic mass is 32.2. The third kappa shape index (κ3) is 4.26. The van der Waals surface area contributed by atoms with Crippen molar-refractivity contribution >= 4 is 17.7 Å². The van der Waals surface area contributed by atoms with Crippen molar-refractivity contribution < 1.29 is 9.53 Å². The van der Waals surface area contributed by atoms with Crippen LogP contribution in [0.25, 0.3) is 0 Å². The molecule has 1 N–H and O–H groups in total. The van der Waals surface area contributed by atoms with Crippen molar-refractivity contribution in [3.05, 3.63) is 18.0 Å². The van der Waals surface area contributed by atoms with E-state index in [1.165, 1.54) is 18.9 Å². The van der Waals surface area contributed by atoms with Gasteiger partial charge in [-0.15, -0.1) is 0 Å². The number of esters is 1. The first-order chi connectivity index (χ1) is 7.26. The molecule has 0 aliphatic carbocycles. The van der Waals surface area contributed by atoms with Crippen LogP contribution in [-0.2, 0) is 16.1 Å². The van der Waals surface area contributed by atoms with Gasteiger partial charge in [-0.25, -0.2) is 9.97 Å². The molecule has 1 rings (SSSR count). The molecule has 15 heavy (non-hydrogen) atoms. The fourth-order valence-electron chi connectivity index (χ4n) is 0.895. The molecule has 1 aromatic heterocycles. The lowest BCUT2D eigenvalue weighted by molar-refractivity contribution is -0.137. The van der Waals surface area contributed by atoms with Gasteiger partial charge in [0.25, 0.3) is 0 Å². The van der Waals surface area contributed by atoms with Crippen molar-refractivity contribution in [1.82, 2.24) is 15.3 Å². The summed E-state index contributed by atoms with van der Waals surface area (Å²) in [5, 5.41) is 3.59. The molecule has 0 atom stereocenters. The highest BCUT2D eigenvalue weighted by Crippen LogP contribution is 2.11. The van der Waals surface area contributed by atoms with Crippen molar-refractivity contribution in [2.75, 3.05) is 19.9 Å². The lowest BCUT2D eigenvalue weighted by Crippen LogP contribution is -2.07. The molecular weight excluding hydrogens is 214 g/mol. The van der Waals surface area contributed by atoms with Gasteiger partial charge in [0.15, 0.2) is 5.16 Å². The fourth-order valence-corrected chi connectivity index (χ4v) is 1.51. The molecule has 0 saturated heterocycles. The van der Waals surface area contributed by atoms with E-state index in [0.29, 0.717) is 5.16 Å². The van der Waals surface area contributed by atoms with Crippen molar-refractivity contribution in [3.8, 4) is 0 Å². The Labute approximate surface area is 92.6 Å². The number of nitrogens with zero attached hydrogens (tertiary/aromatic N) is 2. The zero-order chi connectivity index (χ0) is 11.1. The highest BCUT2D eigenvalue weighted by molar-refractivity contribution is 7.99. The number of aromatic nitrogens is 2. The third-order valence-electron chi connectivity index (χ3n) is 1.61. The van der Waals surface area contributed by atoms with Crippen molar-refractivity contribution in [2.24, 2.45) is 0 Å². The first-order valence-corrected chi connectivity index (χ1v) is 5.40. The largest absolute Gasteiger partial charge is 0.468 e. The number of nitrogens with one attached hydrogen (secondary N) is 1. The van der Waals surface area contributed by atoms with Gasteiger partial charge in [0, 0.05) is 24.5 Å². The average Bonchev–Trinajstić information content (AvgIpc) is 2.28. The summed E-state index contributed by atoms with van der Waals surface area (Å²) in [5.41, 5.74) is 1.01. The molecule has 0 saturated carbocycles. The zero-order valence-electron chi connectivity index (χ0n) is 8.69. The van der Waals surface area contributed by atoms with Gasteiger partial charge >= 0.3 is 5.97 Å². The van der Waals surface area contributed by atoms with Crippen LogP contribution in [0, 0.1) is 0 Å². The molecule has 0 aromatic carbocycles. The molecule has 0 radical (unpaired) electrons. The smallest absolute Gasteiger partial charge is 0.316 e. The maximum atomic E-state index is 10.8. The molecule has 1 aromatic rings. The first-order valence-electron chi connectivity index (χ1n) is 4.41. The number of carbonyl (C=O) groups excluding carboxylic acids is 1. The molecule has 0 amide bonds. The van der Waals surface area contributed by atoms with E-state index in [2.05, 4.69) is 20.0 Å². The summed E-state index contributed by atoms with van der Waals surface area (Å²) in [4.78, 5) is 19.1. The summed E-state index contributed by atoms with van der Waals surface area (Å²) in [6.45, 7) is 0.738. The van der Waals surface area contributed by atoms with Crippen LogP contribution in [0.1, 0.15) is 5.56 Å². The van der Waals surface area contributed by atoms with E-state index in [-0.39, 0.29) is 11.7 Å². The topological polar surface area (TPSA) is 64.1 Å². The normalized spacial score (nSPS) is 10.0. The van der Waals surface area contributed by atoms with Gasteiger partial charge in [-0.1, -0.05) is 11.8 Å². The van der Waals surface area contributed by atoms with E-state index in [9.17, 15) is 4.79 Å². The van der Waals surface area contributed by atoms with Gasteiger partial charge in [-0.05, 0) is 7.05 Å². The Hall–Kier alpha value is -1.14. The Morgan fingerprint density at radius 3 is 2.73 bits per heavy atom. The average molecular weight is 227 g/mol. The predicted octanol–water partition coefficient (Wildman–Crippen LogP) is 0.461. The van der Waals surface area contributed by atoms with Gasteiger partial charge in [0.05, 0.1) is 12.9 Å². The molecular formula is C9H13N3O2S. The number of hydrogen-bond donors (Lipinski definition) is 1. The summed E-state index contributed by atoms with van der Waals surface area (Å²) in [6, 6.07) is 0. The maximum Gasteiger partial charge on any atom is 0.316 e. The molecule has 0 unspecified atom stereocenters. The van der Waals surface area contributed by atoms with Gasteiger partial charge in [-0.2, -0.15) is 0 Å². The van der Waals surface area contributed by atoms with Gasteiger partial charge in [-0.3, -0.25) is 4.79 Å². The minimum absolute atomic E-state index is 0.238. The Kier molecular flexibility index (Phi) is 5.06. The van der Waals surface area contributed by atoms with E-state index in [1.54, 1.807) is 12.4 Å². The number of ether oxygens (including phenoxy) is 1. The monoisotopic (exact) mass is 227 g/mol. The van der Waals surface area contributed by atoms with Crippen molar-refractivity contribution in [1.29, 1.82) is 0 Å². The molecule has 0 bridgehead atoms. The van der Waals surface area contributed by atoms with Gasteiger partial charge < -0.3 is 10.1 Å². The van der Waals surface area contributed by atoms with Crippen LogP contribution in [0.5, 0.6) is 0 Å². The summed E-state index contributed by atoms with van der Waals surface area (Å²) in [7, 11) is 3.22. The van der Waals surface area contributed by atoms with Crippen LogP contribution in [-0.4, -0.2) is 35.8 Å². The maximum absolute atomic E-state index is 10.8. The zero-order valence-corrected chi connectivity index (χ0v) is 9.50. The molecule has 0 aliphatic rings. The number of rotatable bonds is 5. The van der Waals surface area contributed by atoms with Crippen molar-refractivity contribution in [3.63, 3.8) is 0 Å².